The summed E-state index contributed by atoms with van der Waals surface area (Å²) >= 11 is 0. The first-order valence-corrected chi connectivity index (χ1v) is 9.06. The van der Waals surface area contributed by atoms with Crippen LogP contribution in [0.1, 0.15) is 49.8 Å². The van der Waals surface area contributed by atoms with Gasteiger partial charge in [-0.15, -0.1) is 0 Å². The molecule has 0 radical (unpaired) electrons. The Morgan fingerprint density at radius 2 is 1.71 bits per heavy atom. The second kappa shape index (κ2) is 6.07. The first-order chi connectivity index (χ1) is 9.78. The fourth-order valence-electron chi connectivity index (χ4n) is 3.36. The van der Waals surface area contributed by atoms with Gasteiger partial charge >= 0.3 is 0 Å². The highest BCUT2D eigenvalue weighted by Crippen LogP contribution is 2.31. The molecule has 1 fully saturated rings. The van der Waals surface area contributed by atoms with Crippen molar-refractivity contribution in [2.45, 2.75) is 70.5 Å². The molecule has 0 aromatic heterocycles. The highest BCUT2D eigenvalue weighted by atomic mass is 32.2. The molecule has 1 saturated heterocycles. The van der Waals surface area contributed by atoms with E-state index in [9.17, 15) is 8.42 Å². The van der Waals surface area contributed by atoms with Crippen LogP contribution in [0.2, 0.25) is 0 Å². The predicted octanol–water partition coefficient (Wildman–Crippen LogP) is 2.71. The zero-order valence-electron chi connectivity index (χ0n) is 13.4. The Labute approximate surface area is 128 Å². The lowest BCUT2D eigenvalue weighted by molar-refractivity contribution is 0.204. The normalized spacial score (nSPS) is 24.2. The van der Waals surface area contributed by atoms with Crippen LogP contribution in [0.4, 0.5) is 0 Å². The average Bonchev–Trinajstić information content (AvgIpc) is 2.38. The Hall–Kier alpha value is -0.910. The molecule has 1 aliphatic rings. The first kappa shape index (κ1) is 16.5. The summed E-state index contributed by atoms with van der Waals surface area (Å²) in [7, 11) is -3.46. The molecule has 0 amide bonds. The van der Waals surface area contributed by atoms with Gasteiger partial charge in [-0.25, -0.2) is 8.42 Å². The van der Waals surface area contributed by atoms with Crippen molar-refractivity contribution in [2.75, 3.05) is 0 Å². The van der Waals surface area contributed by atoms with Gasteiger partial charge in [-0.3, -0.25) is 0 Å². The molecule has 118 valence electrons. The van der Waals surface area contributed by atoms with E-state index in [-0.39, 0.29) is 12.1 Å². The number of hydrogen-bond donors (Lipinski definition) is 1. The van der Waals surface area contributed by atoms with Gasteiger partial charge in [0.2, 0.25) is 10.0 Å². The smallest absolute Gasteiger partial charge is 0.243 e. The molecule has 0 unspecified atom stereocenters. The van der Waals surface area contributed by atoms with E-state index in [2.05, 4.69) is 0 Å². The van der Waals surface area contributed by atoms with E-state index in [0.717, 1.165) is 36.0 Å². The molecule has 0 spiro atoms. The Morgan fingerprint density at radius 3 is 2.24 bits per heavy atom. The van der Waals surface area contributed by atoms with Crippen LogP contribution >= 0.6 is 0 Å². The molecule has 4 nitrogen and oxygen atoms in total. The van der Waals surface area contributed by atoms with Crippen molar-refractivity contribution < 1.29 is 8.42 Å². The molecule has 1 heterocycles. The fourth-order valence-corrected chi connectivity index (χ4v) is 5.50. The molecule has 2 N–H and O–H groups in total. The number of benzene rings is 1. The SMILES string of the molecule is Cc1cc(C)c(S(=O)(=O)N2[C@H](C)CCC[C@@H]2C)cc1CN. The fraction of sp³-hybridized carbons (Fsp3) is 0.625. The molecule has 0 saturated carbocycles. The molecule has 1 aromatic carbocycles. The molecular weight excluding hydrogens is 284 g/mol. The number of aryl methyl sites for hydroxylation is 2. The number of rotatable bonds is 3. The van der Waals surface area contributed by atoms with Gasteiger partial charge in [0.15, 0.2) is 0 Å². The Balaban J connectivity index is 2.53. The van der Waals surface area contributed by atoms with Gasteiger partial charge < -0.3 is 5.73 Å². The Morgan fingerprint density at radius 1 is 1.14 bits per heavy atom. The van der Waals surface area contributed by atoms with E-state index in [0.29, 0.717) is 11.4 Å². The van der Waals surface area contributed by atoms with Gasteiger partial charge in [0.05, 0.1) is 4.90 Å². The summed E-state index contributed by atoms with van der Waals surface area (Å²) in [4.78, 5) is 0.411. The zero-order valence-corrected chi connectivity index (χ0v) is 14.2. The van der Waals surface area contributed by atoms with Crippen molar-refractivity contribution in [3.05, 3.63) is 28.8 Å². The number of sulfonamides is 1. The summed E-state index contributed by atoms with van der Waals surface area (Å²) in [5, 5.41) is 0. The van der Waals surface area contributed by atoms with Crippen molar-refractivity contribution in [3.8, 4) is 0 Å². The number of piperidine rings is 1. The van der Waals surface area contributed by atoms with Crippen LogP contribution in [0.5, 0.6) is 0 Å². The molecule has 1 aromatic rings. The Kier molecular flexibility index (Phi) is 4.76. The van der Waals surface area contributed by atoms with Crippen LogP contribution < -0.4 is 5.73 Å². The summed E-state index contributed by atoms with van der Waals surface area (Å²) in [5.74, 6) is 0. The molecule has 1 aliphatic heterocycles. The molecular formula is C16H26N2O2S. The maximum absolute atomic E-state index is 13.1. The molecule has 21 heavy (non-hydrogen) atoms. The zero-order chi connectivity index (χ0) is 15.8. The average molecular weight is 310 g/mol. The van der Waals surface area contributed by atoms with Gasteiger partial charge in [0, 0.05) is 18.6 Å². The largest absolute Gasteiger partial charge is 0.326 e. The van der Waals surface area contributed by atoms with Crippen LogP contribution in [0.3, 0.4) is 0 Å². The number of hydrogen-bond acceptors (Lipinski definition) is 3. The van der Waals surface area contributed by atoms with Crippen LogP contribution in [-0.2, 0) is 16.6 Å². The van der Waals surface area contributed by atoms with Crippen LogP contribution in [0.25, 0.3) is 0 Å². The van der Waals surface area contributed by atoms with Crippen molar-refractivity contribution in [2.24, 2.45) is 5.73 Å². The van der Waals surface area contributed by atoms with Gasteiger partial charge in [-0.1, -0.05) is 12.5 Å². The lowest BCUT2D eigenvalue weighted by atomic mass is 10.0. The molecule has 2 rings (SSSR count). The highest BCUT2D eigenvalue weighted by Gasteiger charge is 2.36. The molecule has 0 aliphatic carbocycles. The van der Waals surface area contributed by atoms with Gasteiger partial charge in [0.1, 0.15) is 0 Å². The van der Waals surface area contributed by atoms with Gasteiger partial charge in [-0.05, 0) is 63.3 Å². The number of nitrogens with two attached hydrogens (primary N) is 1. The van der Waals surface area contributed by atoms with Crippen molar-refractivity contribution in [1.29, 1.82) is 0 Å². The Bertz CT molecular complexity index is 615. The van der Waals surface area contributed by atoms with Crippen molar-refractivity contribution in [3.63, 3.8) is 0 Å². The molecule has 2 atom stereocenters. The van der Waals surface area contributed by atoms with Crippen LogP contribution in [0, 0.1) is 13.8 Å². The van der Waals surface area contributed by atoms with Gasteiger partial charge in [0.25, 0.3) is 0 Å². The second-order valence-corrected chi connectivity index (χ2v) is 8.02. The van der Waals surface area contributed by atoms with Crippen LogP contribution in [0.15, 0.2) is 17.0 Å². The van der Waals surface area contributed by atoms with Crippen molar-refractivity contribution in [1.82, 2.24) is 4.31 Å². The van der Waals surface area contributed by atoms with Crippen LogP contribution in [-0.4, -0.2) is 24.8 Å². The standard InChI is InChI=1S/C16H26N2O2S/c1-11-8-12(2)16(9-15(11)10-17)21(19,20)18-13(3)6-5-7-14(18)4/h8-9,13-14H,5-7,10,17H2,1-4H3/t13-,14+. The minimum absolute atomic E-state index is 0.0563. The summed E-state index contributed by atoms with van der Waals surface area (Å²) in [6.45, 7) is 8.19. The lowest BCUT2D eigenvalue weighted by Gasteiger charge is -2.38. The first-order valence-electron chi connectivity index (χ1n) is 7.62. The summed E-state index contributed by atoms with van der Waals surface area (Å²) in [6.07, 6.45) is 2.95. The summed E-state index contributed by atoms with van der Waals surface area (Å²) in [5.41, 5.74) is 8.49. The minimum Gasteiger partial charge on any atom is -0.326 e. The predicted molar refractivity (Wildman–Crippen MR) is 85.6 cm³/mol. The van der Waals surface area contributed by atoms with Crippen molar-refractivity contribution >= 4 is 10.0 Å². The maximum atomic E-state index is 13.1. The third-order valence-electron chi connectivity index (χ3n) is 4.52. The third kappa shape index (κ3) is 3.00. The topological polar surface area (TPSA) is 63.4 Å². The third-order valence-corrected chi connectivity index (χ3v) is 6.79. The van der Waals surface area contributed by atoms with Gasteiger partial charge in [-0.2, -0.15) is 4.31 Å². The minimum atomic E-state index is -3.46. The summed E-state index contributed by atoms with van der Waals surface area (Å²) < 4.78 is 27.9. The van der Waals surface area contributed by atoms with E-state index in [1.54, 1.807) is 10.4 Å². The number of nitrogens with zero attached hydrogens (tertiary/aromatic N) is 1. The lowest BCUT2D eigenvalue weighted by Crippen LogP contribution is -2.47. The second-order valence-electron chi connectivity index (χ2n) is 6.21. The summed E-state index contributed by atoms with van der Waals surface area (Å²) in [6, 6.07) is 3.80. The monoisotopic (exact) mass is 310 g/mol. The van der Waals surface area contributed by atoms with E-state index in [1.165, 1.54) is 0 Å². The van der Waals surface area contributed by atoms with E-state index in [4.69, 9.17) is 5.73 Å². The van der Waals surface area contributed by atoms with E-state index < -0.39 is 10.0 Å². The molecule has 0 bridgehead atoms. The highest BCUT2D eigenvalue weighted by molar-refractivity contribution is 7.89. The maximum Gasteiger partial charge on any atom is 0.243 e. The van der Waals surface area contributed by atoms with E-state index in [1.807, 2.05) is 33.8 Å². The quantitative estimate of drug-likeness (QED) is 0.933. The van der Waals surface area contributed by atoms with E-state index >= 15 is 0 Å². The molecule has 5 heteroatoms.